The first-order valence-electron chi connectivity index (χ1n) is 9.09. The zero-order valence-corrected chi connectivity index (χ0v) is 18.0. The number of sulfonamides is 1. The topological polar surface area (TPSA) is 105 Å². The molecule has 29 heavy (non-hydrogen) atoms. The second-order valence-electron chi connectivity index (χ2n) is 6.80. The standard InChI is InChI=1S/C19H23N3O5S2/c1-12-10-22(11-13(2)27-12)29(25,26)15-6-4-14(5-7-15)17(23)21-19-16(8-9-28-19)18(24)20-3/h4-9,12-13H,10-11H2,1-3H3,(H,20,24)(H,21,23)/t12-,13+. The van der Waals surface area contributed by atoms with Crippen molar-refractivity contribution in [2.45, 2.75) is 31.0 Å². The predicted molar refractivity (Wildman–Crippen MR) is 111 cm³/mol. The first kappa shape index (κ1) is 21.4. The van der Waals surface area contributed by atoms with Crippen molar-refractivity contribution in [3.63, 3.8) is 0 Å². The molecule has 0 spiro atoms. The SMILES string of the molecule is CNC(=O)c1ccsc1NC(=O)c1ccc(S(=O)(=O)N2C[C@@H](C)O[C@@H](C)C2)cc1. The maximum atomic E-state index is 12.9. The number of nitrogens with one attached hydrogen (secondary N) is 2. The minimum Gasteiger partial charge on any atom is -0.373 e. The normalized spacial score (nSPS) is 20.2. The lowest BCUT2D eigenvalue weighted by Gasteiger charge is -2.34. The summed E-state index contributed by atoms with van der Waals surface area (Å²) in [6, 6.07) is 7.39. The van der Waals surface area contributed by atoms with E-state index in [4.69, 9.17) is 4.74 Å². The quantitative estimate of drug-likeness (QED) is 0.746. The summed E-state index contributed by atoms with van der Waals surface area (Å²) in [5.41, 5.74) is 0.671. The molecule has 1 aliphatic rings. The van der Waals surface area contributed by atoms with Crippen LogP contribution in [0.2, 0.25) is 0 Å². The number of amides is 2. The van der Waals surface area contributed by atoms with Crippen molar-refractivity contribution in [3.05, 3.63) is 46.8 Å². The Morgan fingerprint density at radius 1 is 1.07 bits per heavy atom. The van der Waals surface area contributed by atoms with Gasteiger partial charge in [0.25, 0.3) is 11.8 Å². The van der Waals surface area contributed by atoms with Crippen LogP contribution >= 0.6 is 11.3 Å². The number of morpholine rings is 1. The van der Waals surface area contributed by atoms with Crippen LogP contribution in [-0.4, -0.2) is 56.9 Å². The number of carbonyl (C=O) groups excluding carboxylic acids is 2. The van der Waals surface area contributed by atoms with E-state index in [1.807, 2.05) is 13.8 Å². The zero-order chi connectivity index (χ0) is 21.2. The van der Waals surface area contributed by atoms with Crippen LogP contribution in [0.4, 0.5) is 5.00 Å². The molecule has 1 aromatic heterocycles. The molecular weight excluding hydrogens is 414 g/mol. The molecular formula is C19H23N3O5S2. The van der Waals surface area contributed by atoms with Gasteiger partial charge in [-0.2, -0.15) is 4.31 Å². The monoisotopic (exact) mass is 437 g/mol. The molecule has 1 saturated heterocycles. The minimum atomic E-state index is -3.67. The van der Waals surface area contributed by atoms with Gasteiger partial charge in [0.2, 0.25) is 10.0 Å². The Morgan fingerprint density at radius 2 is 1.69 bits per heavy atom. The first-order valence-corrected chi connectivity index (χ1v) is 11.4. The summed E-state index contributed by atoms with van der Waals surface area (Å²) in [5, 5.41) is 7.36. The molecule has 3 rings (SSSR count). The van der Waals surface area contributed by atoms with Crippen LogP contribution in [0.3, 0.4) is 0 Å². The van der Waals surface area contributed by atoms with E-state index in [-0.39, 0.29) is 36.1 Å². The molecule has 2 atom stereocenters. The third kappa shape index (κ3) is 4.67. The Bertz CT molecular complexity index is 991. The van der Waals surface area contributed by atoms with E-state index in [1.54, 1.807) is 11.4 Å². The lowest BCUT2D eigenvalue weighted by atomic mass is 10.2. The third-order valence-corrected chi connectivity index (χ3v) is 7.18. The van der Waals surface area contributed by atoms with Crippen LogP contribution in [0.1, 0.15) is 34.6 Å². The summed E-state index contributed by atoms with van der Waals surface area (Å²) in [4.78, 5) is 24.5. The van der Waals surface area contributed by atoms with Crippen LogP contribution < -0.4 is 10.6 Å². The van der Waals surface area contributed by atoms with Crippen molar-refractivity contribution in [2.75, 3.05) is 25.5 Å². The fraction of sp³-hybridized carbons (Fsp3) is 0.368. The minimum absolute atomic E-state index is 0.123. The third-order valence-electron chi connectivity index (χ3n) is 4.50. The first-order chi connectivity index (χ1) is 13.7. The van der Waals surface area contributed by atoms with Gasteiger partial charge in [-0.15, -0.1) is 11.3 Å². The molecule has 1 fully saturated rings. The summed E-state index contributed by atoms with van der Waals surface area (Å²) in [6.07, 6.45) is -0.363. The number of carbonyl (C=O) groups is 2. The summed E-state index contributed by atoms with van der Waals surface area (Å²) < 4.78 is 32.8. The average molecular weight is 438 g/mol. The van der Waals surface area contributed by atoms with Crippen molar-refractivity contribution < 1.29 is 22.7 Å². The largest absolute Gasteiger partial charge is 0.373 e. The molecule has 156 valence electrons. The van der Waals surface area contributed by atoms with E-state index < -0.39 is 15.9 Å². The van der Waals surface area contributed by atoms with Gasteiger partial charge in [-0.1, -0.05) is 0 Å². The highest BCUT2D eigenvalue weighted by Crippen LogP contribution is 2.25. The van der Waals surface area contributed by atoms with Gasteiger partial charge in [-0.05, 0) is 49.6 Å². The molecule has 2 amide bonds. The second kappa shape index (κ2) is 8.62. The van der Waals surface area contributed by atoms with Crippen molar-refractivity contribution >= 4 is 38.2 Å². The second-order valence-corrected chi connectivity index (χ2v) is 9.65. The van der Waals surface area contributed by atoms with Gasteiger partial charge in [0, 0.05) is 25.7 Å². The van der Waals surface area contributed by atoms with E-state index >= 15 is 0 Å². The number of anilines is 1. The van der Waals surface area contributed by atoms with Crippen LogP contribution in [-0.2, 0) is 14.8 Å². The Balaban J connectivity index is 1.75. The Hall–Kier alpha value is -2.27. The smallest absolute Gasteiger partial charge is 0.256 e. The highest BCUT2D eigenvalue weighted by Gasteiger charge is 2.32. The number of nitrogens with zero attached hydrogens (tertiary/aromatic N) is 1. The van der Waals surface area contributed by atoms with Gasteiger partial charge in [0.15, 0.2) is 0 Å². The molecule has 0 unspecified atom stereocenters. The number of hydrogen-bond acceptors (Lipinski definition) is 6. The molecule has 2 heterocycles. The van der Waals surface area contributed by atoms with E-state index in [1.165, 1.54) is 47.0 Å². The molecule has 2 N–H and O–H groups in total. The molecule has 0 aliphatic carbocycles. The van der Waals surface area contributed by atoms with Crippen molar-refractivity contribution in [1.29, 1.82) is 0 Å². The molecule has 10 heteroatoms. The zero-order valence-electron chi connectivity index (χ0n) is 16.3. The highest BCUT2D eigenvalue weighted by molar-refractivity contribution is 7.89. The molecule has 0 radical (unpaired) electrons. The number of benzene rings is 1. The lowest BCUT2D eigenvalue weighted by molar-refractivity contribution is -0.0440. The van der Waals surface area contributed by atoms with Crippen LogP contribution in [0.5, 0.6) is 0 Å². The average Bonchev–Trinajstić information content (AvgIpc) is 3.14. The number of rotatable bonds is 5. The van der Waals surface area contributed by atoms with Crippen molar-refractivity contribution in [1.82, 2.24) is 9.62 Å². The van der Waals surface area contributed by atoms with Crippen LogP contribution in [0.15, 0.2) is 40.6 Å². The summed E-state index contributed by atoms with van der Waals surface area (Å²) in [6.45, 7) is 4.25. The van der Waals surface area contributed by atoms with Crippen molar-refractivity contribution in [3.8, 4) is 0 Å². The van der Waals surface area contributed by atoms with Gasteiger partial charge < -0.3 is 15.4 Å². The number of thiophene rings is 1. The Labute approximate surface area is 173 Å². The number of ether oxygens (including phenoxy) is 1. The summed E-state index contributed by atoms with van der Waals surface area (Å²) in [7, 11) is -2.16. The molecule has 8 nitrogen and oxygen atoms in total. The molecule has 2 aromatic rings. The Kier molecular flexibility index (Phi) is 6.37. The predicted octanol–water partition coefficient (Wildman–Crippen LogP) is 2.16. The summed E-state index contributed by atoms with van der Waals surface area (Å²) in [5.74, 6) is -0.716. The van der Waals surface area contributed by atoms with Gasteiger partial charge >= 0.3 is 0 Å². The van der Waals surface area contributed by atoms with E-state index in [0.29, 0.717) is 16.1 Å². The van der Waals surface area contributed by atoms with Crippen molar-refractivity contribution in [2.24, 2.45) is 0 Å². The Morgan fingerprint density at radius 3 is 2.28 bits per heavy atom. The van der Waals surface area contributed by atoms with E-state index in [0.717, 1.165) is 0 Å². The maximum absolute atomic E-state index is 12.9. The fourth-order valence-electron chi connectivity index (χ4n) is 3.15. The van der Waals surface area contributed by atoms with E-state index in [2.05, 4.69) is 10.6 Å². The lowest BCUT2D eigenvalue weighted by Crippen LogP contribution is -2.48. The van der Waals surface area contributed by atoms with Crippen LogP contribution in [0.25, 0.3) is 0 Å². The van der Waals surface area contributed by atoms with Gasteiger partial charge in [-0.25, -0.2) is 8.42 Å². The van der Waals surface area contributed by atoms with Gasteiger partial charge in [0.05, 0.1) is 22.7 Å². The highest BCUT2D eigenvalue weighted by atomic mass is 32.2. The fourth-order valence-corrected chi connectivity index (χ4v) is 5.52. The van der Waals surface area contributed by atoms with Gasteiger partial charge in [-0.3, -0.25) is 9.59 Å². The molecule has 0 saturated carbocycles. The summed E-state index contributed by atoms with van der Waals surface area (Å²) >= 11 is 1.24. The molecule has 1 aliphatic heterocycles. The van der Waals surface area contributed by atoms with Crippen LogP contribution in [0, 0.1) is 0 Å². The molecule has 1 aromatic carbocycles. The number of hydrogen-bond donors (Lipinski definition) is 2. The maximum Gasteiger partial charge on any atom is 0.256 e. The van der Waals surface area contributed by atoms with E-state index in [9.17, 15) is 18.0 Å². The molecule has 0 bridgehead atoms. The van der Waals surface area contributed by atoms with Gasteiger partial charge in [0.1, 0.15) is 5.00 Å².